The first kappa shape index (κ1) is 23.2. The molecule has 4 aromatic rings. The van der Waals surface area contributed by atoms with Crippen LogP contribution in [0.15, 0.2) is 78.3 Å². The maximum Gasteiger partial charge on any atom is 0.418 e. The Hall–Kier alpha value is -3.92. The van der Waals surface area contributed by atoms with Gasteiger partial charge in [0, 0.05) is 13.2 Å². The van der Waals surface area contributed by atoms with Crippen LogP contribution >= 0.6 is 11.3 Å². The monoisotopic (exact) mass is 484 g/mol. The number of carbonyl (C=O) groups excluding carboxylic acids is 2. The van der Waals surface area contributed by atoms with Crippen molar-refractivity contribution < 1.29 is 22.8 Å². The molecule has 1 N–H and O–H groups in total. The second-order valence-electron chi connectivity index (χ2n) is 7.40. The predicted molar refractivity (Wildman–Crippen MR) is 124 cm³/mol. The van der Waals surface area contributed by atoms with Crippen molar-refractivity contribution in [2.24, 2.45) is 0 Å². The number of carbonyl (C=O) groups is 2. The summed E-state index contributed by atoms with van der Waals surface area (Å²) in [5.74, 6) is -1.23. The summed E-state index contributed by atoms with van der Waals surface area (Å²) in [6, 6.07) is 17.6. The molecule has 10 heteroatoms. The number of anilines is 1. The lowest BCUT2D eigenvalue weighted by molar-refractivity contribution is -0.137. The molecule has 0 spiro atoms. The van der Waals surface area contributed by atoms with Gasteiger partial charge >= 0.3 is 6.18 Å². The highest BCUT2D eigenvalue weighted by Gasteiger charge is 2.33. The van der Waals surface area contributed by atoms with Gasteiger partial charge in [0.2, 0.25) is 5.91 Å². The van der Waals surface area contributed by atoms with Gasteiger partial charge in [0.1, 0.15) is 5.69 Å². The lowest BCUT2D eigenvalue weighted by atomic mass is 10.1. The van der Waals surface area contributed by atoms with Crippen molar-refractivity contribution >= 4 is 28.8 Å². The highest BCUT2D eigenvalue weighted by atomic mass is 32.1. The standard InChI is InChI=1S/C24H19F3N4O2S/c1-30(15-21(32)28-19-11-6-5-10-18(19)24(25,26)27)23(33)17-14-31(16-8-3-2-4-9-16)29-22(17)20-12-7-13-34-20/h2-14H,15H2,1H3,(H,28,32). The van der Waals surface area contributed by atoms with Gasteiger partial charge in [-0.25, -0.2) is 4.68 Å². The number of nitrogens with zero attached hydrogens (tertiary/aromatic N) is 3. The van der Waals surface area contributed by atoms with Gasteiger partial charge in [0.05, 0.1) is 33.9 Å². The van der Waals surface area contributed by atoms with E-state index in [2.05, 4.69) is 10.4 Å². The molecule has 0 atom stereocenters. The van der Waals surface area contributed by atoms with Gasteiger partial charge in [-0.05, 0) is 35.7 Å². The number of benzene rings is 2. The van der Waals surface area contributed by atoms with E-state index in [4.69, 9.17) is 0 Å². The first-order chi connectivity index (χ1) is 16.2. The number of likely N-dealkylation sites (N-methyl/N-ethyl adjacent to an activating group) is 1. The largest absolute Gasteiger partial charge is 0.418 e. The van der Waals surface area contributed by atoms with Crippen LogP contribution in [0.5, 0.6) is 0 Å². The summed E-state index contributed by atoms with van der Waals surface area (Å²) in [5.41, 5.74) is 0.165. The van der Waals surface area contributed by atoms with Crippen molar-refractivity contribution in [3.8, 4) is 16.3 Å². The molecule has 34 heavy (non-hydrogen) atoms. The van der Waals surface area contributed by atoms with E-state index in [0.717, 1.165) is 21.5 Å². The number of hydrogen-bond donors (Lipinski definition) is 1. The highest BCUT2D eigenvalue weighted by Crippen LogP contribution is 2.34. The third-order valence-electron chi connectivity index (χ3n) is 4.95. The summed E-state index contributed by atoms with van der Waals surface area (Å²) in [6.07, 6.45) is -3.03. The Morgan fingerprint density at radius 3 is 2.41 bits per heavy atom. The summed E-state index contributed by atoms with van der Waals surface area (Å²) in [7, 11) is 1.41. The zero-order valence-corrected chi connectivity index (χ0v) is 18.7. The second kappa shape index (κ2) is 9.52. The summed E-state index contributed by atoms with van der Waals surface area (Å²) in [6.45, 7) is -0.439. The van der Waals surface area contributed by atoms with Crippen LogP contribution in [0.25, 0.3) is 16.3 Å². The van der Waals surface area contributed by atoms with E-state index in [1.807, 2.05) is 47.8 Å². The maximum absolute atomic E-state index is 13.2. The molecule has 0 aliphatic carbocycles. The smallest absolute Gasteiger partial charge is 0.332 e. The molecule has 0 radical (unpaired) electrons. The van der Waals surface area contributed by atoms with Crippen molar-refractivity contribution in [2.45, 2.75) is 6.18 Å². The van der Waals surface area contributed by atoms with Gasteiger partial charge in [-0.2, -0.15) is 18.3 Å². The van der Waals surface area contributed by atoms with Crippen LogP contribution < -0.4 is 5.32 Å². The van der Waals surface area contributed by atoms with Crippen LogP contribution in [0, 0.1) is 0 Å². The fraction of sp³-hybridized carbons (Fsp3) is 0.125. The molecule has 0 bridgehead atoms. The molecule has 2 amide bonds. The van der Waals surface area contributed by atoms with E-state index in [0.29, 0.717) is 5.69 Å². The van der Waals surface area contributed by atoms with E-state index in [1.54, 1.807) is 10.9 Å². The zero-order valence-electron chi connectivity index (χ0n) is 17.9. The average Bonchev–Trinajstić information content (AvgIpc) is 3.49. The van der Waals surface area contributed by atoms with Crippen LogP contribution in [0.1, 0.15) is 15.9 Å². The van der Waals surface area contributed by atoms with E-state index in [-0.39, 0.29) is 11.3 Å². The van der Waals surface area contributed by atoms with Crippen LogP contribution in [-0.4, -0.2) is 40.1 Å². The first-order valence-electron chi connectivity index (χ1n) is 10.1. The fourth-order valence-corrected chi connectivity index (χ4v) is 4.08. The Bertz CT molecular complexity index is 1300. The summed E-state index contributed by atoms with van der Waals surface area (Å²) < 4.78 is 41.2. The van der Waals surface area contributed by atoms with Crippen molar-refractivity contribution in [3.63, 3.8) is 0 Å². The molecule has 4 rings (SSSR count). The Labute approximate surface area is 197 Å². The lowest BCUT2D eigenvalue weighted by Crippen LogP contribution is -2.35. The highest BCUT2D eigenvalue weighted by molar-refractivity contribution is 7.13. The Kier molecular flexibility index (Phi) is 6.51. The lowest BCUT2D eigenvalue weighted by Gasteiger charge is -2.18. The number of rotatable bonds is 6. The number of nitrogens with one attached hydrogen (secondary N) is 1. The fourth-order valence-electron chi connectivity index (χ4n) is 3.36. The number of hydrogen-bond acceptors (Lipinski definition) is 4. The topological polar surface area (TPSA) is 67.2 Å². The summed E-state index contributed by atoms with van der Waals surface area (Å²) in [5, 5.41) is 8.68. The molecule has 0 aliphatic rings. The van der Waals surface area contributed by atoms with E-state index < -0.39 is 30.1 Å². The van der Waals surface area contributed by atoms with Gasteiger partial charge in [0.15, 0.2) is 0 Å². The van der Waals surface area contributed by atoms with E-state index in [1.165, 1.54) is 36.6 Å². The molecule has 2 heterocycles. The molecule has 2 aromatic carbocycles. The normalized spacial score (nSPS) is 11.3. The molecular weight excluding hydrogens is 465 g/mol. The number of alkyl halides is 3. The molecule has 0 unspecified atom stereocenters. The molecular formula is C24H19F3N4O2S. The third-order valence-corrected chi connectivity index (χ3v) is 5.83. The van der Waals surface area contributed by atoms with Crippen molar-refractivity contribution in [1.82, 2.24) is 14.7 Å². The van der Waals surface area contributed by atoms with Gasteiger partial charge < -0.3 is 10.2 Å². The van der Waals surface area contributed by atoms with Gasteiger partial charge in [-0.3, -0.25) is 9.59 Å². The minimum atomic E-state index is -4.62. The number of para-hydroxylation sites is 2. The Morgan fingerprint density at radius 2 is 1.74 bits per heavy atom. The number of amides is 2. The summed E-state index contributed by atoms with van der Waals surface area (Å²) >= 11 is 1.41. The van der Waals surface area contributed by atoms with E-state index in [9.17, 15) is 22.8 Å². The molecule has 2 aromatic heterocycles. The molecule has 0 saturated carbocycles. The number of aromatic nitrogens is 2. The molecule has 6 nitrogen and oxygen atoms in total. The SMILES string of the molecule is CN(CC(=O)Nc1ccccc1C(F)(F)F)C(=O)c1cn(-c2ccccc2)nc1-c1cccs1. The van der Waals surface area contributed by atoms with E-state index >= 15 is 0 Å². The number of thiophene rings is 1. The molecule has 174 valence electrons. The summed E-state index contributed by atoms with van der Waals surface area (Å²) in [4.78, 5) is 27.6. The average molecular weight is 485 g/mol. The van der Waals surface area contributed by atoms with Crippen LogP contribution in [0.3, 0.4) is 0 Å². The van der Waals surface area contributed by atoms with Crippen LogP contribution in [-0.2, 0) is 11.0 Å². The molecule has 0 saturated heterocycles. The second-order valence-corrected chi connectivity index (χ2v) is 8.35. The van der Waals surface area contributed by atoms with Gasteiger partial charge in [0.25, 0.3) is 5.91 Å². The van der Waals surface area contributed by atoms with Crippen molar-refractivity contribution in [2.75, 3.05) is 18.9 Å². The van der Waals surface area contributed by atoms with Gasteiger partial charge in [-0.15, -0.1) is 11.3 Å². The zero-order chi connectivity index (χ0) is 24.3. The molecule has 0 aliphatic heterocycles. The predicted octanol–water partition coefficient (Wildman–Crippen LogP) is 5.33. The van der Waals surface area contributed by atoms with Crippen LogP contribution in [0.4, 0.5) is 18.9 Å². The van der Waals surface area contributed by atoms with Gasteiger partial charge in [-0.1, -0.05) is 36.4 Å². The quantitative estimate of drug-likeness (QED) is 0.402. The minimum absolute atomic E-state index is 0.275. The van der Waals surface area contributed by atoms with Crippen molar-refractivity contribution in [1.29, 1.82) is 0 Å². The number of halogens is 3. The van der Waals surface area contributed by atoms with Crippen molar-refractivity contribution in [3.05, 3.63) is 89.4 Å². The minimum Gasteiger partial charge on any atom is -0.332 e. The maximum atomic E-state index is 13.2. The first-order valence-corrected chi connectivity index (χ1v) is 11.0. The molecule has 0 fully saturated rings. The Balaban J connectivity index is 1.56. The van der Waals surface area contributed by atoms with Crippen LogP contribution in [0.2, 0.25) is 0 Å². The third kappa shape index (κ3) is 5.01. The Morgan fingerprint density at radius 1 is 1.03 bits per heavy atom.